The smallest absolute Gasteiger partial charge is 0.354 e. The van der Waals surface area contributed by atoms with Gasteiger partial charge in [-0.25, -0.2) is 10.2 Å². The summed E-state index contributed by atoms with van der Waals surface area (Å²) < 4.78 is 18.9. The SMILES string of the molecule is Cc1cc(C(=O)COC(=O)C2=NNC(=O)CC2)c(C)n1CC1COc2ccccc2O1. The highest BCUT2D eigenvalue weighted by Gasteiger charge is 2.25. The van der Waals surface area contributed by atoms with E-state index in [9.17, 15) is 14.4 Å². The van der Waals surface area contributed by atoms with E-state index in [-0.39, 0.29) is 36.3 Å². The van der Waals surface area contributed by atoms with Crippen LogP contribution in [-0.4, -0.2) is 47.3 Å². The Hall–Kier alpha value is -3.62. The largest absolute Gasteiger partial charge is 0.486 e. The first-order valence-electron chi connectivity index (χ1n) is 10.0. The fraction of sp³-hybridized carbons (Fsp3) is 0.364. The topological polar surface area (TPSA) is 108 Å². The van der Waals surface area contributed by atoms with Crippen LogP contribution in [0.25, 0.3) is 0 Å². The second kappa shape index (κ2) is 8.63. The molecule has 1 atom stereocenters. The van der Waals surface area contributed by atoms with Crippen LogP contribution >= 0.6 is 0 Å². The molecule has 2 aromatic rings. The summed E-state index contributed by atoms with van der Waals surface area (Å²) in [6.45, 7) is 4.29. The van der Waals surface area contributed by atoms with Crippen LogP contribution in [0.4, 0.5) is 0 Å². The lowest BCUT2D eigenvalue weighted by molar-refractivity contribution is -0.134. The molecule has 0 radical (unpaired) electrons. The van der Waals surface area contributed by atoms with E-state index in [1.54, 1.807) is 6.07 Å². The van der Waals surface area contributed by atoms with Crippen molar-refractivity contribution in [1.82, 2.24) is 9.99 Å². The molecular formula is C22H23N3O6. The third-order valence-electron chi connectivity index (χ3n) is 5.30. The number of nitrogens with one attached hydrogen (secondary N) is 1. The normalized spacial score (nSPS) is 17.5. The zero-order valence-electron chi connectivity index (χ0n) is 17.3. The summed E-state index contributed by atoms with van der Waals surface area (Å²) in [4.78, 5) is 35.9. The van der Waals surface area contributed by atoms with Crippen LogP contribution in [0.1, 0.15) is 34.6 Å². The number of carbonyl (C=O) groups is 3. The molecule has 2 aliphatic heterocycles. The molecule has 1 N–H and O–H groups in total. The summed E-state index contributed by atoms with van der Waals surface area (Å²) >= 11 is 0. The second-order valence-corrected chi connectivity index (χ2v) is 7.49. The van der Waals surface area contributed by atoms with E-state index in [1.165, 1.54) is 0 Å². The number of benzene rings is 1. The molecule has 31 heavy (non-hydrogen) atoms. The first kappa shape index (κ1) is 20.6. The van der Waals surface area contributed by atoms with Gasteiger partial charge in [0, 0.05) is 29.8 Å². The van der Waals surface area contributed by atoms with Crippen molar-refractivity contribution in [3.63, 3.8) is 0 Å². The maximum absolute atomic E-state index is 12.7. The molecule has 3 heterocycles. The van der Waals surface area contributed by atoms with Crippen LogP contribution in [0, 0.1) is 13.8 Å². The molecule has 1 unspecified atom stereocenters. The molecule has 1 amide bonds. The van der Waals surface area contributed by atoms with E-state index < -0.39 is 12.6 Å². The number of ether oxygens (including phenoxy) is 3. The Bertz CT molecular complexity index is 1070. The van der Waals surface area contributed by atoms with Gasteiger partial charge in [-0.05, 0) is 32.0 Å². The van der Waals surface area contributed by atoms with Crippen LogP contribution in [0.3, 0.4) is 0 Å². The Morgan fingerprint density at radius 3 is 2.74 bits per heavy atom. The van der Waals surface area contributed by atoms with E-state index >= 15 is 0 Å². The van der Waals surface area contributed by atoms with Crippen LogP contribution in [0.15, 0.2) is 35.4 Å². The fourth-order valence-corrected chi connectivity index (χ4v) is 3.63. The number of hydrogen-bond acceptors (Lipinski definition) is 7. The molecule has 9 heteroatoms. The molecule has 0 bridgehead atoms. The molecule has 4 rings (SSSR count). The number of amides is 1. The van der Waals surface area contributed by atoms with Crippen molar-refractivity contribution in [2.75, 3.05) is 13.2 Å². The van der Waals surface area contributed by atoms with Crippen molar-refractivity contribution in [2.45, 2.75) is 39.3 Å². The highest BCUT2D eigenvalue weighted by molar-refractivity contribution is 6.37. The first-order chi connectivity index (χ1) is 14.9. The number of aromatic nitrogens is 1. The molecule has 162 valence electrons. The zero-order valence-corrected chi connectivity index (χ0v) is 17.3. The van der Waals surface area contributed by atoms with Gasteiger partial charge in [-0.2, -0.15) is 5.10 Å². The van der Waals surface area contributed by atoms with Gasteiger partial charge in [-0.1, -0.05) is 12.1 Å². The number of nitrogens with zero attached hydrogens (tertiary/aromatic N) is 2. The van der Waals surface area contributed by atoms with Crippen molar-refractivity contribution in [3.8, 4) is 11.5 Å². The van der Waals surface area contributed by atoms with Gasteiger partial charge in [0.25, 0.3) is 0 Å². The van der Waals surface area contributed by atoms with Gasteiger partial charge in [-0.3, -0.25) is 9.59 Å². The Labute approximate surface area is 179 Å². The Kier molecular flexibility index (Phi) is 5.75. The monoisotopic (exact) mass is 425 g/mol. The van der Waals surface area contributed by atoms with Gasteiger partial charge in [0.1, 0.15) is 12.3 Å². The molecule has 1 aromatic heterocycles. The van der Waals surface area contributed by atoms with Crippen LogP contribution in [0.2, 0.25) is 0 Å². The summed E-state index contributed by atoms with van der Waals surface area (Å²) in [5, 5.41) is 3.68. The first-order valence-corrected chi connectivity index (χ1v) is 10.0. The van der Waals surface area contributed by atoms with E-state index in [4.69, 9.17) is 14.2 Å². The number of hydrazone groups is 1. The van der Waals surface area contributed by atoms with Gasteiger partial charge < -0.3 is 18.8 Å². The number of aryl methyl sites for hydroxylation is 1. The van der Waals surface area contributed by atoms with Crippen LogP contribution < -0.4 is 14.9 Å². The van der Waals surface area contributed by atoms with Crippen molar-refractivity contribution in [2.24, 2.45) is 5.10 Å². The molecule has 0 fully saturated rings. The third kappa shape index (κ3) is 4.45. The number of para-hydroxylation sites is 2. The minimum atomic E-state index is -0.700. The lowest BCUT2D eigenvalue weighted by Crippen LogP contribution is -2.33. The molecular weight excluding hydrogens is 402 g/mol. The predicted molar refractivity (Wildman–Crippen MR) is 110 cm³/mol. The van der Waals surface area contributed by atoms with Crippen LogP contribution in [-0.2, 0) is 20.9 Å². The summed E-state index contributed by atoms with van der Waals surface area (Å²) in [5.41, 5.74) is 4.49. The number of hydrogen-bond donors (Lipinski definition) is 1. The Morgan fingerprint density at radius 1 is 1.23 bits per heavy atom. The second-order valence-electron chi connectivity index (χ2n) is 7.49. The quantitative estimate of drug-likeness (QED) is 0.560. The van der Waals surface area contributed by atoms with Gasteiger partial charge in [0.2, 0.25) is 11.7 Å². The van der Waals surface area contributed by atoms with Gasteiger partial charge in [0.15, 0.2) is 24.2 Å². The number of carbonyl (C=O) groups excluding carboxylic acids is 3. The Morgan fingerprint density at radius 2 is 2.00 bits per heavy atom. The number of Topliss-reactive ketones (excluding diaryl/α,β-unsaturated/α-hetero) is 1. The van der Waals surface area contributed by atoms with Gasteiger partial charge in [0.05, 0.1) is 6.54 Å². The minimum absolute atomic E-state index is 0.104. The standard InChI is InChI=1S/C22H23N3O6/c1-13-9-16(18(26)12-30-22(28)17-7-8-21(27)24-23-17)14(2)25(13)10-15-11-29-19-5-3-4-6-20(19)31-15/h3-6,9,15H,7-8,10-12H2,1-2H3,(H,24,27). The summed E-state index contributed by atoms with van der Waals surface area (Å²) in [6.07, 6.45) is 0.167. The van der Waals surface area contributed by atoms with Gasteiger partial charge in [-0.15, -0.1) is 0 Å². The van der Waals surface area contributed by atoms with E-state index in [0.29, 0.717) is 24.5 Å². The van der Waals surface area contributed by atoms with Gasteiger partial charge >= 0.3 is 5.97 Å². The molecule has 2 aliphatic rings. The third-order valence-corrected chi connectivity index (χ3v) is 5.30. The lowest BCUT2D eigenvalue weighted by Gasteiger charge is -2.27. The average Bonchev–Trinajstić information content (AvgIpc) is 3.06. The molecule has 0 aliphatic carbocycles. The molecule has 0 saturated carbocycles. The number of rotatable bonds is 6. The fourth-order valence-electron chi connectivity index (χ4n) is 3.63. The van der Waals surface area contributed by atoms with E-state index in [0.717, 1.165) is 17.1 Å². The van der Waals surface area contributed by atoms with Crippen molar-refractivity contribution in [3.05, 3.63) is 47.3 Å². The predicted octanol–water partition coefficient (Wildman–Crippen LogP) is 1.94. The van der Waals surface area contributed by atoms with Crippen LogP contribution in [0.5, 0.6) is 11.5 Å². The molecule has 0 spiro atoms. The molecule has 1 aromatic carbocycles. The average molecular weight is 425 g/mol. The Balaban J connectivity index is 1.39. The zero-order chi connectivity index (χ0) is 22.0. The van der Waals surface area contributed by atoms with E-state index in [1.807, 2.05) is 42.7 Å². The maximum atomic E-state index is 12.7. The minimum Gasteiger partial charge on any atom is -0.486 e. The van der Waals surface area contributed by atoms with Crippen molar-refractivity contribution in [1.29, 1.82) is 0 Å². The number of esters is 1. The van der Waals surface area contributed by atoms with Crippen molar-refractivity contribution >= 4 is 23.4 Å². The summed E-state index contributed by atoms with van der Waals surface area (Å²) in [6, 6.07) is 9.29. The maximum Gasteiger partial charge on any atom is 0.354 e. The summed E-state index contributed by atoms with van der Waals surface area (Å²) in [7, 11) is 0. The lowest BCUT2D eigenvalue weighted by atomic mass is 10.1. The summed E-state index contributed by atoms with van der Waals surface area (Å²) in [5.74, 6) is 0.162. The number of ketones is 1. The van der Waals surface area contributed by atoms with Crippen molar-refractivity contribution < 1.29 is 28.6 Å². The number of fused-ring (bicyclic) bond motifs is 1. The highest BCUT2D eigenvalue weighted by Crippen LogP contribution is 2.31. The molecule has 9 nitrogen and oxygen atoms in total. The molecule has 0 saturated heterocycles. The highest BCUT2D eigenvalue weighted by atomic mass is 16.6. The van der Waals surface area contributed by atoms with E-state index in [2.05, 4.69) is 10.5 Å².